The zero-order valence-electron chi connectivity index (χ0n) is 4.07. The van der Waals surface area contributed by atoms with Crippen molar-refractivity contribution in [1.82, 2.24) is 4.90 Å². The Kier molecular flexibility index (Phi) is 1.07. The van der Waals surface area contributed by atoms with Gasteiger partial charge in [-0.2, -0.15) is 0 Å². The monoisotopic (exact) mass is 112 g/mol. The topological polar surface area (TPSA) is 49.7 Å². The second-order valence-corrected chi connectivity index (χ2v) is 1.35. The van der Waals surface area contributed by atoms with Crippen LogP contribution in [0.3, 0.4) is 0 Å². The van der Waals surface area contributed by atoms with Gasteiger partial charge in [0.2, 0.25) is 6.41 Å². The molecular weight excluding hydrogens is 108 g/mol. The third-order valence-corrected chi connectivity index (χ3v) is 0.853. The van der Waals surface area contributed by atoms with Gasteiger partial charge in [-0.1, -0.05) is 0 Å². The van der Waals surface area contributed by atoms with Crippen LogP contribution < -0.4 is 0 Å². The highest BCUT2D eigenvalue weighted by molar-refractivity contribution is 5.97. The van der Waals surface area contributed by atoms with Gasteiger partial charge in [0.05, 0.1) is 6.54 Å². The molecule has 0 bridgehead atoms. The molecule has 0 unspecified atom stereocenters. The highest BCUT2D eigenvalue weighted by Crippen LogP contribution is 1.92. The van der Waals surface area contributed by atoms with Crippen LogP contribution in [0.25, 0.3) is 0 Å². The summed E-state index contributed by atoms with van der Waals surface area (Å²) in [5.74, 6) is 0. The zero-order chi connectivity index (χ0) is 5.98. The smallest absolute Gasteiger partial charge is 0.278 e. The number of carbonyl (C=O) groups is 2. The van der Waals surface area contributed by atoms with Gasteiger partial charge >= 0.3 is 6.03 Å². The number of imide groups is 1. The molecule has 0 fully saturated rings. The average molecular weight is 112 g/mol. The van der Waals surface area contributed by atoms with Crippen molar-refractivity contribution in [3.05, 3.63) is 0 Å². The normalized spacial score (nSPS) is 17.5. The predicted octanol–water partition coefficient (Wildman–Crippen LogP) is -0.351. The third kappa shape index (κ3) is 0.598. The van der Waals surface area contributed by atoms with E-state index in [9.17, 15) is 9.59 Å². The Balaban J connectivity index is 2.63. The third-order valence-electron chi connectivity index (χ3n) is 0.853. The molecule has 3 amide bonds. The Hall–Kier alpha value is -1.19. The van der Waals surface area contributed by atoms with E-state index in [1.807, 2.05) is 0 Å². The number of aliphatic imine (C=N–C) groups is 1. The van der Waals surface area contributed by atoms with Crippen molar-refractivity contribution in [3.63, 3.8) is 0 Å². The number of hydrogen-bond donors (Lipinski definition) is 0. The highest BCUT2D eigenvalue weighted by atomic mass is 16.2. The van der Waals surface area contributed by atoms with E-state index >= 15 is 0 Å². The fourth-order valence-corrected chi connectivity index (χ4v) is 0.447. The number of nitrogens with zero attached hydrogens (tertiary/aromatic N) is 2. The summed E-state index contributed by atoms with van der Waals surface area (Å²) in [5, 5.41) is 0. The molecule has 8 heavy (non-hydrogen) atoms. The molecule has 42 valence electrons. The fraction of sp³-hybridized carbons (Fsp3) is 0.250. The number of amides is 3. The lowest BCUT2D eigenvalue weighted by atomic mass is 10.7. The van der Waals surface area contributed by atoms with Gasteiger partial charge in [0.25, 0.3) is 0 Å². The highest BCUT2D eigenvalue weighted by Gasteiger charge is 2.13. The Bertz CT molecular complexity index is 152. The molecule has 1 heterocycles. The van der Waals surface area contributed by atoms with E-state index in [0.29, 0.717) is 13.0 Å². The zero-order valence-corrected chi connectivity index (χ0v) is 4.07. The van der Waals surface area contributed by atoms with Gasteiger partial charge < -0.3 is 0 Å². The van der Waals surface area contributed by atoms with Crippen molar-refractivity contribution in [2.24, 2.45) is 4.99 Å². The molecule has 0 aliphatic carbocycles. The van der Waals surface area contributed by atoms with Gasteiger partial charge in [-0.25, -0.2) is 9.79 Å². The molecule has 0 aromatic heterocycles. The van der Waals surface area contributed by atoms with Gasteiger partial charge in [0.1, 0.15) is 0 Å². The molecule has 0 radical (unpaired) electrons. The SMILES string of the molecule is O=CN1CC=NC1=O. The molecule has 0 atom stereocenters. The summed E-state index contributed by atoms with van der Waals surface area (Å²) in [7, 11) is 0. The van der Waals surface area contributed by atoms with Crippen LogP contribution in [0.4, 0.5) is 4.79 Å². The van der Waals surface area contributed by atoms with Gasteiger partial charge in [0.15, 0.2) is 0 Å². The minimum absolute atomic E-state index is 0.322. The maximum atomic E-state index is 10.3. The number of rotatable bonds is 1. The first-order valence-electron chi connectivity index (χ1n) is 2.13. The average Bonchev–Trinajstić information content (AvgIpc) is 2.14. The van der Waals surface area contributed by atoms with Gasteiger partial charge in [-0.15, -0.1) is 0 Å². The maximum Gasteiger partial charge on any atom is 0.350 e. The van der Waals surface area contributed by atoms with Crippen LogP contribution in [-0.2, 0) is 4.79 Å². The molecule has 1 rings (SSSR count). The minimum Gasteiger partial charge on any atom is -0.278 e. The molecule has 0 saturated carbocycles. The first-order chi connectivity index (χ1) is 3.84. The molecule has 1 aliphatic rings. The van der Waals surface area contributed by atoms with E-state index in [0.717, 1.165) is 4.90 Å². The van der Waals surface area contributed by atoms with E-state index in [-0.39, 0.29) is 0 Å². The summed E-state index contributed by atoms with van der Waals surface area (Å²) in [4.78, 5) is 24.4. The summed E-state index contributed by atoms with van der Waals surface area (Å²) < 4.78 is 0. The van der Waals surface area contributed by atoms with Crippen LogP contribution in [-0.4, -0.2) is 30.1 Å². The van der Waals surface area contributed by atoms with Crippen molar-refractivity contribution in [2.75, 3.05) is 6.54 Å². The first-order valence-corrected chi connectivity index (χ1v) is 2.13. The van der Waals surface area contributed by atoms with Crippen LogP contribution in [0.1, 0.15) is 0 Å². The summed E-state index contributed by atoms with van der Waals surface area (Å²) in [6, 6.07) is -0.472. The molecule has 0 saturated heterocycles. The fourth-order valence-electron chi connectivity index (χ4n) is 0.447. The first kappa shape index (κ1) is 4.96. The molecular formula is C4H4N2O2. The maximum absolute atomic E-state index is 10.3. The molecule has 1 aliphatic heterocycles. The van der Waals surface area contributed by atoms with E-state index < -0.39 is 6.03 Å². The van der Waals surface area contributed by atoms with Crippen molar-refractivity contribution in [1.29, 1.82) is 0 Å². The summed E-state index contributed by atoms with van der Waals surface area (Å²) in [5.41, 5.74) is 0. The summed E-state index contributed by atoms with van der Waals surface area (Å²) in [6.07, 6.45) is 1.87. The lowest BCUT2D eigenvalue weighted by molar-refractivity contribution is -0.114. The van der Waals surface area contributed by atoms with Crippen molar-refractivity contribution in [3.8, 4) is 0 Å². The molecule has 0 spiro atoms. The lowest BCUT2D eigenvalue weighted by Gasteiger charge is -1.98. The van der Waals surface area contributed by atoms with Gasteiger partial charge in [-0.05, 0) is 0 Å². The van der Waals surface area contributed by atoms with Crippen LogP contribution >= 0.6 is 0 Å². The van der Waals surface area contributed by atoms with E-state index in [1.165, 1.54) is 6.21 Å². The predicted molar refractivity (Wildman–Crippen MR) is 26.7 cm³/mol. The molecule has 0 aromatic carbocycles. The van der Waals surface area contributed by atoms with Crippen LogP contribution in [0.15, 0.2) is 4.99 Å². The largest absolute Gasteiger partial charge is 0.350 e. The van der Waals surface area contributed by atoms with E-state index in [4.69, 9.17) is 0 Å². The van der Waals surface area contributed by atoms with E-state index in [1.54, 1.807) is 0 Å². The van der Waals surface area contributed by atoms with E-state index in [2.05, 4.69) is 4.99 Å². The molecule has 0 N–H and O–H groups in total. The molecule has 4 heteroatoms. The summed E-state index contributed by atoms with van der Waals surface area (Å²) >= 11 is 0. The quantitative estimate of drug-likeness (QED) is 0.435. The Morgan fingerprint density at radius 1 is 1.88 bits per heavy atom. The van der Waals surface area contributed by atoms with Gasteiger partial charge in [-0.3, -0.25) is 9.69 Å². The van der Waals surface area contributed by atoms with Crippen molar-refractivity contribution < 1.29 is 9.59 Å². The van der Waals surface area contributed by atoms with Crippen molar-refractivity contribution in [2.45, 2.75) is 0 Å². The lowest BCUT2D eigenvalue weighted by Crippen LogP contribution is -2.22. The van der Waals surface area contributed by atoms with Gasteiger partial charge in [0, 0.05) is 6.21 Å². The van der Waals surface area contributed by atoms with Crippen molar-refractivity contribution >= 4 is 18.7 Å². The Labute approximate surface area is 45.8 Å². The second-order valence-electron chi connectivity index (χ2n) is 1.35. The Morgan fingerprint density at radius 2 is 2.62 bits per heavy atom. The number of carbonyl (C=O) groups excluding carboxylic acids is 2. The standard InChI is InChI=1S/C4H4N2O2/c7-3-6-2-1-5-4(6)8/h1,3H,2H2. The second kappa shape index (κ2) is 1.73. The Morgan fingerprint density at radius 3 is 2.88 bits per heavy atom. The number of hydrogen-bond acceptors (Lipinski definition) is 2. The minimum atomic E-state index is -0.472. The number of urea groups is 1. The molecule has 0 aromatic rings. The van der Waals surface area contributed by atoms with Crippen LogP contribution in [0.5, 0.6) is 0 Å². The summed E-state index contributed by atoms with van der Waals surface area (Å²) in [6.45, 7) is 0.322. The van der Waals surface area contributed by atoms with Crippen LogP contribution in [0.2, 0.25) is 0 Å². The molecule has 4 nitrogen and oxygen atoms in total. The van der Waals surface area contributed by atoms with Crippen LogP contribution in [0, 0.1) is 0 Å².